The number of carboxylic acids is 1. The number of aliphatic imine (C=N–C) groups is 2. The Morgan fingerprint density at radius 2 is 2.04 bits per heavy atom. The second-order valence-corrected chi connectivity index (χ2v) is 6.93. The van der Waals surface area contributed by atoms with E-state index in [0.29, 0.717) is 31.2 Å². The summed E-state index contributed by atoms with van der Waals surface area (Å²) in [4.78, 5) is 30.8. The van der Waals surface area contributed by atoms with E-state index in [9.17, 15) is 9.70 Å². The lowest BCUT2D eigenvalue weighted by atomic mass is 10.0. The summed E-state index contributed by atoms with van der Waals surface area (Å²) in [5.41, 5.74) is 1.92. The first kappa shape index (κ1) is 16.8. The highest BCUT2D eigenvalue weighted by Gasteiger charge is 2.28. The van der Waals surface area contributed by atoms with Gasteiger partial charge in [-0.25, -0.2) is 9.79 Å². The average Bonchev–Trinajstić information content (AvgIpc) is 2.81. The normalized spacial score (nSPS) is 14.9. The number of hydrogen-bond acceptors (Lipinski definition) is 6. The summed E-state index contributed by atoms with van der Waals surface area (Å²) in [7, 11) is 0. The molecule has 2 aromatic rings. The van der Waals surface area contributed by atoms with Crippen molar-refractivity contribution in [3.05, 3.63) is 55.7 Å². The number of aliphatic carboxylic acids is 1. The smallest absolute Gasteiger partial charge is 0.338 e. The third kappa shape index (κ3) is 3.10. The van der Waals surface area contributed by atoms with Crippen LogP contribution in [0.3, 0.4) is 0 Å². The molecule has 0 amide bonds. The van der Waals surface area contributed by atoms with Crippen LogP contribution >= 0.6 is 34.5 Å². The van der Waals surface area contributed by atoms with Crippen LogP contribution < -0.4 is 0 Å². The number of carbonyl (C=O) groups is 1. The fraction of sp³-hybridized carbons (Fsp3) is 0.133. The van der Waals surface area contributed by atoms with Crippen LogP contribution in [0.4, 0.5) is 5.00 Å². The van der Waals surface area contributed by atoms with Crippen LogP contribution in [0.5, 0.6) is 0 Å². The second-order valence-electron chi connectivity index (χ2n) is 4.86. The topological polar surface area (TPSA) is 91.5 Å². The largest absolute Gasteiger partial charge is 0.479 e. The van der Waals surface area contributed by atoms with E-state index in [-0.39, 0.29) is 12.3 Å². The molecule has 1 N–H and O–H groups in total. The van der Waals surface area contributed by atoms with Gasteiger partial charge in [-0.2, -0.15) is 0 Å². The molecule has 9 heteroatoms. The van der Waals surface area contributed by atoms with Gasteiger partial charge in [0, 0.05) is 16.1 Å². The fourth-order valence-electron chi connectivity index (χ4n) is 2.30. The highest BCUT2D eigenvalue weighted by molar-refractivity contribution is 7.20. The highest BCUT2D eigenvalue weighted by atomic mass is 35.5. The number of nitroso groups, excluding NO2 is 1. The van der Waals surface area contributed by atoms with E-state index in [2.05, 4.69) is 15.2 Å². The first-order valence-electron chi connectivity index (χ1n) is 6.73. The molecule has 0 bridgehead atoms. The summed E-state index contributed by atoms with van der Waals surface area (Å²) in [5, 5.41) is 12.7. The molecular weight excluding hydrogens is 373 g/mol. The molecule has 0 saturated carbocycles. The van der Waals surface area contributed by atoms with Gasteiger partial charge in [0.1, 0.15) is 5.00 Å². The van der Waals surface area contributed by atoms with Crippen LogP contribution in [0.1, 0.15) is 11.1 Å². The molecule has 24 heavy (non-hydrogen) atoms. The average molecular weight is 382 g/mol. The molecule has 0 aliphatic carbocycles. The van der Waals surface area contributed by atoms with Crippen LogP contribution in [-0.2, 0) is 4.79 Å². The Bertz CT molecular complexity index is 892. The fourth-order valence-corrected chi connectivity index (χ4v) is 3.64. The lowest BCUT2D eigenvalue weighted by Gasteiger charge is -2.07. The van der Waals surface area contributed by atoms with Crippen molar-refractivity contribution in [2.75, 3.05) is 6.54 Å². The standard InChI is InChI=1S/C15H9Cl2N3O3S/c16-9-4-2-1-3-7(9)12-8-5-11(17)24-14(8)19-10(6-18-12)13(20-23)15(21)22/h1-5,13H,6H2,(H,21,22). The second kappa shape index (κ2) is 6.80. The minimum Gasteiger partial charge on any atom is -0.479 e. The molecular formula is C15H9Cl2N3O3S. The van der Waals surface area contributed by atoms with Crippen molar-refractivity contribution in [2.24, 2.45) is 15.2 Å². The molecule has 0 saturated heterocycles. The zero-order valence-corrected chi connectivity index (χ0v) is 14.3. The maximum atomic E-state index is 11.2. The maximum Gasteiger partial charge on any atom is 0.338 e. The van der Waals surface area contributed by atoms with Crippen LogP contribution in [0, 0.1) is 4.91 Å². The number of thiophene rings is 1. The molecule has 0 radical (unpaired) electrons. The summed E-state index contributed by atoms with van der Waals surface area (Å²) in [6.07, 6.45) is 0. The van der Waals surface area contributed by atoms with Gasteiger partial charge in [-0.1, -0.05) is 41.4 Å². The van der Waals surface area contributed by atoms with Gasteiger partial charge in [0.25, 0.3) is 0 Å². The summed E-state index contributed by atoms with van der Waals surface area (Å²) < 4.78 is 0.468. The number of hydrogen-bond donors (Lipinski definition) is 1. The molecule has 1 unspecified atom stereocenters. The lowest BCUT2D eigenvalue weighted by molar-refractivity contribution is -0.136. The summed E-state index contributed by atoms with van der Waals surface area (Å²) in [5.74, 6) is -1.37. The minimum atomic E-state index is -1.59. The predicted octanol–water partition coefficient (Wildman–Crippen LogP) is 4.20. The Labute approximate surface area is 150 Å². The van der Waals surface area contributed by atoms with Crippen molar-refractivity contribution in [1.82, 2.24) is 0 Å². The van der Waals surface area contributed by atoms with E-state index in [4.69, 9.17) is 28.3 Å². The summed E-state index contributed by atoms with van der Waals surface area (Å²) in [6, 6.07) is 7.25. The van der Waals surface area contributed by atoms with Crippen LogP contribution in [-0.4, -0.2) is 35.1 Å². The van der Waals surface area contributed by atoms with E-state index < -0.39 is 12.0 Å². The number of fused-ring (bicyclic) bond motifs is 1. The zero-order chi connectivity index (χ0) is 17.3. The Morgan fingerprint density at radius 1 is 1.29 bits per heavy atom. The van der Waals surface area contributed by atoms with Crippen molar-refractivity contribution in [3.63, 3.8) is 0 Å². The van der Waals surface area contributed by atoms with Gasteiger partial charge in [-0.3, -0.25) is 4.99 Å². The SMILES string of the molecule is O=NC(C(=O)O)C1=Nc2sc(Cl)cc2C(c2ccccc2Cl)=NC1. The van der Waals surface area contributed by atoms with Crippen LogP contribution in [0.25, 0.3) is 0 Å². The molecule has 0 fully saturated rings. The van der Waals surface area contributed by atoms with Crippen molar-refractivity contribution >= 4 is 56.9 Å². The Hall–Kier alpha value is -2.09. The number of benzene rings is 1. The van der Waals surface area contributed by atoms with Gasteiger partial charge in [-0.15, -0.1) is 16.2 Å². The first-order valence-corrected chi connectivity index (χ1v) is 8.30. The number of nitrogens with zero attached hydrogens (tertiary/aromatic N) is 3. The van der Waals surface area contributed by atoms with Crippen molar-refractivity contribution in [1.29, 1.82) is 0 Å². The molecule has 6 nitrogen and oxygen atoms in total. The summed E-state index contributed by atoms with van der Waals surface area (Å²) >= 11 is 13.5. The number of halogens is 2. The first-order chi connectivity index (χ1) is 11.5. The molecule has 1 aliphatic heterocycles. The van der Waals surface area contributed by atoms with Gasteiger partial charge >= 0.3 is 5.97 Å². The van der Waals surface area contributed by atoms with Crippen molar-refractivity contribution < 1.29 is 9.90 Å². The van der Waals surface area contributed by atoms with Crippen molar-refractivity contribution in [3.8, 4) is 0 Å². The predicted molar refractivity (Wildman–Crippen MR) is 95.6 cm³/mol. The van der Waals surface area contributed by atoms with Gasteiger partial charge in [-0.05, 0) is 17.3 Å². The van der Waals surface area contributed by atoms with E-state index in [0.717, 1.165) is 0 Å². The van der Waals surface area contributed by atoms with Gasteiger partial charge in [0.2, 0.25) is 6.04 Å². The van der Waals surface area contributed by atoms with Gasteiger partial charge in [0.15, 0.2) is 0 Å². The Morgan fingerprint density at radius 3 is 2.71 bits per heavy atom. The maximum absolute atomic E-state index is 11.2. The van der Waals surface area contributed by atoms with Crippen LogP contribution in [0.15, 0.2) is 45.5 Å². The summed E-state index contributed by atoms with van der Waals surface area (Å²) in [6.45, 7) is -0.0672. The molecule has 122 valence electrons. The quantitative estimate of drug-likeness (QED) is 0.804. The monoisotopic (exact) mass is 381 g/mol. The van der Waals surface area contributed by atoms with E-state index >= 15 is 0 Å². The van der Waals surface area contributed by atoms with Gasteiger partial charge in [0.05, 0.1) is 22.3 Å². The zero-order valence-electron chi connectivity index (χ0n) is 11.9. The molecule has 1 atom stereocenters. The molecule has 2 heterocycles. The Balaban J connectivity index is 2.16. The highest BCUT2D eigenvalue weighted by Crippen LogP contribution is 2.38. The Kier molecular flexibility index (Phi) is 4.75. The third-order valence-electron chi connectivity index (χ3n) is 3.37. The van der Waals surface area contributed by atoms with Crippen LogP contribution in [0.2, 0.25) is 9.36 Å². The van der Waals surface area contributed by atoms with Gasteiger partial charge < -0.3 is 5.11 Å². The third-order valence-corrected chi connectivity index (χ3v) is 4.85. The number of carboxylic acid groups (broad SMARTS) is 1. The molecule has 1 aromatic heterocycles. The molecule has 0 spiro atoms. The number of rotatable bonds is 4. The molecule has 1 aromatic carbocycles. The van der Waals surface area contributed by atoms with E-state index in [1.54, 1.807) is 24.3 Å². The molecule has 3 rings (SSSR count). The van der Waals surface area contributed by atoms with E-state index in [1.807, 2.05) is 6.07 Å². The van der Waals surface area contributed by atoms with E-state index in [1.165, 1.54) is 11.3 Å². The molecule has 1 aliphatic rings. The van der Waals surface area contributed by atoms with Crippen molar-refractivity contribution in [2.45, 2.75) is 6.04 Å². The lowest BCUT2D eigenvalue weighted by Crippen LogP contribution is -2.29. The minimum absolute atomic E-state index is 0.0549.